The first-order chi connectivity index (χ1) is 14.9. The molecule has 0 radical (unpaired) electrons. The quantitative estimate of drug-likeness (QED) is 0.300. The van der Waals surface area contributed by atoms with Crippen LogP contribution in [0.4, 0.5) is 0 Å². The van der Waals surface area contributed by atoms with E-state index in [0.29, 0.717) is 21.5 Å². The van der Waals surface area contributed by atoms with Gasteiger partial charge in [0.15, 0.2) is 18.1 Å². The molecular weight excluding hydrogens is 468 g/mol. The van der Waals surface area contributed by atoms with Crippen molar-refractivity contribution in [1.82, 2.24) is 5.43 Å². The number of methoxy groups -OCH3 is 2. The number of nitrogens with zero attached hydrogens (tertiary/aromatic N) is 1. The van der Waals surface area contributed by atoms with E-state index in [1.807, 2.05) is 24.3 Å². The van der Waals surface area contributed by atoms with Gasteiger partial charge in [0.1, 0.15) is 5.75 Å². The van der Waals surface area contributed by atoms with Gasteiger partial charge in [0, 0.05) is 10.0 Å². The van der Waals surface area contributed by atoms with Gasteiger partial charge in [0.05, 0.1) is 26.0 Å². The van der Waals surface area contributed by atoms with Crippen LogP contribution in [0.25, 0.3) is 10.8 Å². The zero-order valence-corrected chi connectivity index (χ0v) is 18.3. The highest BCUT2D eigenvalue weighted by atomic mass is 79.9. The van der Waals surface area contributed by atoms with Crippen LogP contribution in [0.2, 0.25) is 0 Å². The van der Waals surface area contributed by atoms with E-state index in [2.05, 4.69) is 31.2 Å². The molecule has 160 valence electrons. The molecule has 0 saturated carbocycles. The molecular formula is C22H19BrN2O6. The topological polar surface area (TPSA) is 106 Å². The Morgan fingerprint density at radius 1 is 1.10 bits per heavy atom. The van der Waals surface area contributed by atoms with Gasteiger partial charge in [-0.3, -0.25) is 4.79 Å². The first kappa shape index (κ1) is 22.1. The molecule has 0 aliphatic rings. The van der Waals surface area contributed by atoms with Crippen molar-refractivity contribution in [3.05, 3.63) is 64.1 Å². The van der Waals surface area contributed by atoms with Gasteiger partial charge in [0.2, 0.25) is 0 Å². The summed E-state index contributed by atoms with van der Waals surface area (Å²) in [6.07, 6.45) is 1.41. The van der Waals surface area contributed by atoms with Gasteiger partial charge in [-0.05, 0) is 51.0 Å². The Kier molecular flexibility index (Phi) is 7.09. The Morgan fingerprint density at radius 3 is 2.48 bits per heavy atom. The van der Waals surface area contributed by atoms with Crippen LogP contribution in [0.5, 0.6) is 17.2 Å². The number of fused-ring (bicyclic) bond motifs is 1. The highest BCUT2D eigenvalue weighted by molar-refractivity contribution is 9.10. The monoisotopic (exact) mass is 486 g/mol. The molecule has 0 atom stereocenters. The predicted molar refractivity (Wildman–Crippen MR) is 119 cm³/mol. The number of hydrogen-bond donors (Lipinski definition) is 2. The van der Waals surface area contributed by atoms with Crippen molar-refractivity contribution in [3.8, 4) is 17.2 Å². The summed E-state index contributed by atoms with van der Waals surface area (Å²) in [5.74, 6) is -0.514. The van der Waals surface area contributed by atoms with Crippen molar-refractivity contribution in [2.24, 2.45) is 5.10 Å². The maximum atomic E-state index is 12.5. The first-order valence-electron chi connectivity index (χ1n) is 9.05. The van der Waals surface area contributed by atoms with Gasteiger partial charge in [-0.2, -0.15) is 5.10 Å². The summed E-state index contributed by atoms with van der Waals surface area (Å²) in [4.78, 5) is 23.7. The van der Waals surface area contributed by atoms with E-state index in [-0.39, 0.29) is 17.9 Å². The number of phenolic OH excluding ortho intramolecular Hbond substituents is 1. The largest absolute Gasteiger partial charge is 0.507 e. The molecule has 3 aromatic carbocycles. The highest BCUT2D eigenvalue weighted by Crippen LogP contribution is 2.33. The van der Waals surface area contributed by atoms with Crippen LogP contribution in [-0.4, -0.2) is 44.0 Å². The summed E-state index contributed by atoms with van der Waals surface area (Å²) in [6.45, 7) is -0.266. The number of halogens is 1. The van der Waals surface area contributed by atoms with Crippen LogP contribution >= 0.6 is 15.9 Å². The number of hydrazone groups is 1. The fraction of sp³-hybridized carbons (Fsp3) is 0.136. The number of aromatic hydroxyl groups is 1. The maximum absolute atomic E-state index is 12.5. The number of hydrogen-bond acceptors (Lipinski definition) is 7. The van der Waals surface area contributed by atoms with Crippen LogP contribution in [0, 0.1) is 0 Å². The summed E-state index contributed by atoms with van der Waals surface area (Å²) >= 11 is 3.39. The van der Waals surface area contributed by atoms with Crippen molar-refractivity contribution in [1.29, 1.82) is 0 Å². The van der Waals surface area contributed by atoms with Gasteiger partial charge in [0.25, 0.3) is 5.91 Å². The third-order valence-corrected chi connectivity index (χ3v) is 5.02. The average Bonchev–Trinajstić information content (AvgIpc) is 2.77. The van der Waals surface area contributed by atoms with E-state index in [4.69, 9.17) is 9.47 Å². The zero-order chi connectivity index (χ0) is 22.4. The molecule has 0 spiro atoms. The predicted octanol–water partition coefficient (Wildman–Crippen LogP) is 3.63. The van der Waals surface area contributed by atoms with Gasteiger partial charge < -0.3 is 19.3 Å². The van der Waals surface area contributed by atoms with Crippen LogP contribution in [-0.2, 0) is 9.53 Å². The fourth-order valence-electron chi connectivity index (χ4n) is 2.75. The van der Waals surface area contributed by atoms with Crippen LogP contribution in [0.3, 0.4) is 0 Å². The molecule has 0 unspecified atom stereocenters. The van der Waals surface area contributed by atoms with Crippen LogP contribution in [0.1, 0.15) is 15.9 Å². The molecule has 0 aromatic heterocycles. The minimum Gasteiger partial charge on any atom is -0.507 e. The number of ether oxygens (including phenoxy) is 3. The summed E-state index contributed by atoms with van der Waals surface area (Å²) in [7, 11) is 2.73. The molecule has 8 nitrogen and oxygen atoms in total. The lowest BCUT2D eigenvalue weighted by Crippen LogP contribution is -2.17. The molecule has 3 aromatic rings. The average molecular weight is 487 g/mol. The second kappa shape index (κ2) is 9.94. The van der Waals surface area contributed by atoms with Crippen molar-refractivity contribution in [2.75, 3.05) is 20.8 Å². The molecule has 0 aliphatic carbocycles. The normalized spacial score (nSPS) is 10.8. The second-order valence-electron chi connectivity index (χ2n) is 6.31. The number of carbonyl (C=O) groups is 2. The van der Waals surface area contributed by atoms with E-state index >= 15 is 0 Å². The summed E-state index contributed by atoms with van der Waals surface area (Å²) < 4.78 is 15.8. The first-order valence-corrected chi connectivity index (χ1v) is 9.84. The van der Waals surface area contributed by atoms with Crippen molar-refractivity contribution in [2.45, 2.75) is 0 Å². The van der Waals surface area contributed by atoms with Crippen LogP contribution in [0.15, 0.2) is 58.1 Å². The fourth-order valence-corrected chi connectivity index (χ4v) is 3.17. The Balaban J connectivity index is 1.75. The molecule has 2 N–H and O–H groups in total. The number of amides is 1. The van der Waals surface area contributed by atoms with Crippen molar-refractivity contribution in [3.63, 3.8) is 0 Å². The third-order valence-electron chi connectivity index (χ3n) is 4.33. The Labute approximate surface area is 186 Å². The Bertz CT molecular complexity index is 1160. The minimum atomic E-state index is -0.555. The maximum Gasteiger partial charge on any atom is 0.343 e. The summed E-state index contributed by atoms with van der Waals surface area (Å²) in [5.41, 5.74) is 3.09. The molecule has 0 fully saturated rings. The Morgan fingerprint density at radius 2 is 1.81 bits per heavy atom. The number of carbonyl (C=O) groups excluding carboxylic acids is 2. The minimum absolute atomic E-state index is 0.110. The van der Waals surface area contributed by atoms with Gasteiger partial charge in [-0.25, -0.2) is 10.2 Å². The lowest BCUT2D eigenvalue weighted by atomic mass is 10.1. The smallest absolute Gasteiger partial charge is 0.343 e. The SMILES string of the molecule is COC(=O)COc1cc(Br)c(C=NNC(=O)c2cc3ccccc3cc2O)cc1OC. The number of benzene rings is 3. The number of nitrogens with one attached hydrogen (secondary N) is 1. The molecule has 0 aliphatic heterocycles. The lowest BCUT2D eigenvalue weighted by molar-refractivity contribution is -0.142. The molecule has 3 rings (SSSR count). The summed E-state index contributed by atoms with van der Waals surface area (Å²) in [6, 6.07) is 13.8. The van der Waals surface area contributed by atoms with E-state index < -0.39 is 11.9 Å². The summed E-state index contributed by atoms with van der Waals surface area (Å²) in [5, 5.41) is 15.8. The lowest BCUT2D eigenvalue weighted by Gasteiger charge is -2.12. The number of esters is 1. The number of phenols is 1. The van der Waals surface area contributed by atoms with E-state index in [9.17, 15) is 14.7 Å². The zero-order valence-electron chi connectivity index (χ0n) is 16.7. The van der Waals surface area contributed by atoms with Gasteiger partial charge >= 0.3 is 5.97 Å². The molecule has 0 saturated heterocycles. The molecule has 1 amide bonds. The van der Waals surface area contributed by atoms with Crippen molar-refractivity contribution < 1.29 is 28.9 Å². The van der Waals surface area contributed by atoms with Crippen LogP contribution < -0.4 is 14.9 Å². The van der Waals surface area contributed by atoms with E-state index in [1.165, 1.54) is 26.5 Å². The standard InChI is InChI=1S/C22H19BrN2O6/c1-29-19-9-15(17(23)10-20(19)31-12-21(27)30-2)11-24-25-22(28)16-7-13-5-3-4-6-14(13)8-18(16)26/h3-11,26H,12H2,1-2H3,(H,25,28). The molecule has 0 bridgehead atoms. The molecule has 0 heterocycles. The van der Waals surface area contributed by atoms with Gasteiger partial charge in [-0.1, -0.05) is 24.3 Å². The van der Waals surface area contributed by atoms with E-state index in [0.717, 1.165) is 10.8 Å². The van der Waals surface area contributed by atoms with E-state index in [1.54, 1.807) is 18.2 Å². The van der Waals surface area contributed by atoms with Gasteiger partial charge in [-0.15, -0.1) is 0 Å². The van der Waals surface area contributed by atoms with Crippen molar-refractivity contribution >= 4 is 44.8 Å². The second-order valence-corrected chi connectivity index (χ2v) is 7.16. The molecule has 9 heteroatoms. The number of rotatable bonds is 7. The molecule has 31 heavy (non-hydrogen) atoms. The third kappa shape index (κ3) is 5.32. The Hall–Kier alpha value is -3.59. The highest BCUT2D eigenvalue weighted by Gasteiger charge is 2.13.